The number of nitrogens with one attached hydrogen (secondary N) is 2. The Bertz CT molecular complexity index is 2290. The summed E-state index contributed by atoms with van der Waals surface area (Å²) >= 11 is 7.77. The number of nitro benzene ring substituents is 1. The normalized spacial score (nSPS) is 16.1. The van der Waals surface area contributed by atoms with Crippen molar-refractivity contribution < 1.29 is 18.1 Å². The largest absolute Gasteiger partial charge is 0.376 e. The number of halogens is 1. The van der Waals surface area contributed by atoms with Gasteiger partial charge in [0.1, 0.15) is 5.69 Å². The minimum Gasteiger partial charge on any atom is -0.376 e. The van der Waals surface area contributed by atoms with Crippen molar-refractivity contribution in [3.63, 3.8) is 0 Å². The Labute approximate surface area is 331 Å². The van der Waals surface area contributed by atoms with Crippen LogP contribution < -0.4 is 14.9 Å². The quantitative estimate of drug-likeness (QED) is 0.0685. The number of sulfonamides is 1. The Morgan fingerprint density at radius 3 is 2.49 bits per heavy atom. The molecule has 0 saturated carbocycles. The van der Waals surface area contributed by atoms with E-state index in [4.69, 9.17) is 11.6 Å². The van der Waals surface area contributed by atoms with Gasteiger partial charge in [-0.2, -0.15) is 0 Å². The van der Waals surface area contributed by atoms with E-state index in [1.165, 1.54) is 23.3 Å². The number of nitro groups is 1. The molecule has 2 aliphatic heterocycles. The van der Waals surface area contributed by atoms with Gasteiger partial charge in [0, 0.05) is 71.3 Å². The van der Waals surface area contributed by atoms with Crippen LogP contribution in [0.5, 0.6) is 0 Å². The highest BCUT2D eigenvalue weighted by atomic mass is 35.5. The summed E-state index contributed by atoms with van der Waals surface area (Å²) < 4.78 is 28.9. The number of carbonyl (C=O) groups is 1. The van der Waals surface area contributed by atoms with Crippen LogP contribution in [0.25, 0.3) is 11.1 Å². The molecule has 1 fully saturated rings. The van der Waals surface area contributed by atoms with Crippen LogP contribution in [0.4, 0.5) is 17.1 Å². The maximum absolute atomic E-state index is 13.4. The first-order valence-corrected chi connectivity index (χ1v) is 21.2. The molecule has 284 valence electrons. The predicted molar refractivity (Wildman–Crippen MR) is 221 cm³/mol. The molecule has 10 nitrogen and oxygen atoms in total. The monoisotopic (exact) mass is 795 g/mol. The summed E-state index contributed by atoms with van der Waals surface area (Å²) in [6.45, 7) is 5.42. The first kappa shape index (κ1) is 38.4. The summed E-state index contributed by atoms with van der Waals surface area (Å²) in [5.41, 5.74) is 5.70. The van der Waals surface area contributed by atoms with E-state index in [1.54, 1.807) is 23.9 Å². The van der Waals surface area contributed by atoms with Crippen molar-refractivity contribution in [1.82, 2.24) is 9.62 Å². The molecule has 2 N–H and O–H groups in total. The number of hydrogen-bond acceptors (Lipinski definition) is 9. The van der Waals surface area contributed by atoms with Gasteiger partial charge in [-0.1, -0.05) is 73.1 Å². The number of benzene rings is 5. The third-order valence-electron chi connectivity index (χ3n) is 10.3. The molecule has 0 unspecified atom stereocenters. The van der Waals surface area contributed by atoms with Crippen molar-refractivity contribution in [2.45, 2.75) is 54.6 Å². The number of amides is 1. The van der Waals surface area contributed by atoms with Gasteiger partial charge in [-0.05, 0) is 96.1 Å². The van der Waals surface area contributed by atoms with E-state index in [-0.39, 0.29) is 27.9 Å². The Kier molecular flexibility index (Phi) is 11.8. The lowest BCUT2D eigenvalue weighted by Crippen LogP contribution is -2.54. The predicted octanol–water partition coefficient (Wildman–Crippen LogP) is 8.65. The van der Waals surface area contributed by atoms with Crippen molar-refractivity contribution >= 4 is 56.4 Å². The van der Waals surface area contributed by atoms with Gasteiger partial charge < -0.3 is 10.2 Å². The number of aryl methyl sites for hydroxylation is 1. The number of fused-ring (bicyclic) bond motifs is 3. The zero-order chi connectivity index (χ0) is 38.5. The van der Waals surface area contributed by atoms with Gasteiger partial charge in [0.15, 0.2) is 0 Å². The Morgan fingerprint density at radius 2 is 1.73 bits per heavy atom. The molecule has 13 heteroatoms. The second kappa shape index (κ2) is 16.9. The molecule has 0 radical (unpaired) electrons. The number of carbonyl (C=O) groups excluding carboxylic acids is 1. The minimum absolute atomic E-state index is 0.0996. The third-order valence-corrected chi connectivity index (χ3v) is 13.0. The van der Waals surface area contributed by atoms with Crippen LogP contribution in [0, 0.1) is 10.1 Å². The van der Waals surface area contributed by atoms with Crippen LogP contribution in [0.1, 0.15) is 41.3 Å². The van der Waals surface area contributed by atoms with Crippen molar-refractivity contribution in [2.75, 3.05) is 35.6 Å². The lowest BCUT2D eigenvalue weighted by Gasteiger charge is -2.46. The topological polar surface area (TPSA) is 125 Å². The molecule has 5 aromatic carbocycles. The molecule has 0 spiro atoms. The van der Waals surface area contributed by atoms with Gasteiger partial charge in [-0.3, -0.25) is 19.8 Å². The fourth-order valence-electron chi connectivity index (χ4n) is 7.35. The number of hydrogen-bond donors (Lipinski definition) is 2. The maximum atomic E-state index is 13.4. The second-order valence-corrected chi connectivity index (χ2v) is 17.1. The zero-order valence-corrected chi connectivity index (χ0v) is 32.7. The molecule has 2 heterocycles. The number of thioether (sulfide) groups is 1. The van der Waals surface area contributed by atoms with Crippen LogP contribution in [0.15, 0.2) is 125 Å². The zero-order valence-electron chi connectivity index (χ0n) is 30.4. The molecular formula is C42H42ClN5O5S2. The third kappa shape index (κ3) is 8.99. The van der Waals surface area contributed by atoms with Crippen LogP contribution >= 0.6 is 23.4 Å². The van der Waals surface area contributed by atoms with Gasteiger partial charge >= 0.3 is 0 Å². The summed E-state index contributed by atoms with van der Waals surface area (Å²) in [6.07, 6.45) is 2.36. The van der Waals surface area contributed by atoms with E-state index in [0.29, 0.717) is 23.2 Å². The fraction of sp³-hybridized carbons (Fsp3) is 0.262. The molecule has 55 heavy (non-hydrogen) atoms. The molecule has 2 atom stereocenters. The van der Waals surface area contributed by atoms with Gasteiger partial charge in [-0.15, -0.1) is 11.8 Å². The summed E-state index contributed by atoms with van der Waals surface area (Å²) in [5, 5.41) is 16.0. The molecule has 1 saturated heterocycles. The summed E-state index contributed by atoms with van der Waals surface area (Å²) in [4.78, 5) is 30.4. The molecule has 0 aromatic heterocycles. The number of rotatable bonds is 13. The lowest BCUT2D eigenvalue weighted by atomic mass is 9.92. The molecule has 0 bridgehead atoms. The molecule has 0 aliphatic carbocycles. The average molecular weight is 796 g/mol. The summed E-state index contributed by atoms with van der Waals surface area (Å²) in [6, 6.07) is 35.5. The average Bonchev–Trinajstić information content (AvgIpc) is 3.19. The molecule has 7 rings (SSSR count). The highest BCUT2D eigenvalue weighted by Crippen LogP contribution is 2.35. The Morgan fingerprint density at radius 1 is 0.964 bits per heavy atom. The van der Waals surface area contributed by atoms with E-state index in [9.17, 15) is 23.3 Å². The molecule has 5 aromatic rings. The lowest BCUT2D eigenvalue weighted by molar-refractivity contribution is -0.384. The first-order valence-electron chi connectivity index (χ1n) is 18.3. The van der Waals surface area contributed by atoms with E-state index < -0.39 is 20.9 Å². The van der Waals surface area contributed by atoms with Crippen LogP contribution in [0.2, 0.25) is 5.02 Å². The van der Waals surface area contributed by atoms with Gasteiger partial charge in [0.25, 0.3) is 21.6 Å². The van der Waals surface area contributed by atoms with Crippen LogP contribution in [-0.2, 0) is 23.0 Å². The smallest absolute Gasteiger partial charge is 0.293 e. The van der Waals surface area contributed by atoms with Crippen LogP contribution in [-0.4, -0.2) is 61.6 Å². The van der Waals surface area contributed by atoms with Gasteiger partial charge in [0.2, 0.25) is 0 Å². The summed E-state index contributed by atoms with van der Waals surface area (Å²) in [7, 11) is -4.41. The summed E-state index contributed by atoms with van der Waals surface area (Å²) in [5.74, 6) is -0.130. The van der Waals surface area contributed by atoms with Crippen molar-refractivity contribution in [1.29, 1.82) is 0 Å². The van der Waals surface area contributed by atoms with E-state index >= 15 is 0 Å². The molecular weight excluding hydrogens is 754 g/mol. The minimum atomic E-state index is -4.41. The standard InChI is InChI=1S/C42H42ClN5O5S2/c1-2-34(28-54-36-9-4-3-5-10-36)44-39-20-19-37(25-41(39)48(50)51)55(52,53)45-42(49)31-15-21-40-30(24-31)14-18-35-27-46(22-23-47(35)40)26-32-8-6-7-11-38(32)29-12-16-33(43)17-13-29/h3-13,15-17,19-21,24-25,34-35,44H,2,14,18,22-23,26-28H2,1H3,(H,45,49)/t34-,35-/m1/s1. The van der Waals surface area contributed by atoms with Crippen LogP contribution in [0.3, 0.4) is 0 Å². The first-order chi connectivity index (χ1) is 26.6. The molecule has 2 aliphatic rings. The highest BCUT2D eigenvalue weighted by molar-refractivity contribution is 7.99. The second-order valence-electron chi connectivity index (χ2n) is 13.9. The van der Waals surface area contributed by atoms with Crippen molar-refractivity contribution in [2.24, 2.45) is 0 Å². The van der Waals surface area contributed by atoms with Crippen molar-refractivity contribution in [3.8, 4) is 11.1 Å². The van der Waals surface area contributed by atoms with Gasteiger partial charge in [-0.25, -0.2) is 13.1 Å². The van der Waals surface area contributed by atoms with E-state index in [2.05, 4.69) is 56.2 Å². The SMILES string of the molecule is CC[C@H](CSc1ccccc1)Nc1ccc(S(=O)(=O)NC(=O)c2ccc3c(c2)CC[C@@H]2CN(Cc4ccccc4-c4ccc(Cl)cc4)CCN32)cc1[N+](=O)[O-]. The number of anilines is 2. The van der Waals surface area contributed by atoms with Gasteiger partial charge in [0.05, 0.1) is 9.82 Å². The van der Waals surface area contributed by atoms with Crippen molar-refractivity contribution in [3.05, 3.63) is 147 Å². The van der Waals surface area contributed by atoms with E-state index in [0.717, 1.165) is 66.8 Å². The highest BCUT2D eigenvalue weighted by Gasteiger charge is 2.33. The van der Waals surface area contributed by atoms with E-state index in [1.807, 2.05) is 55.5 Å². The number of nitrogens with zero attached hydrogens (tertiary/aromatic N) is 3. The Balaban J connectivity index is 0.992. The maximum Gasteiger partial charge on any atom is 0.293 e. The molecule has 1 amide bonds. The fourth-order valence-corrected chi connectivity index (χ4v) is 9.54. The Hall–Kier alpha value is -4.88. The number of piperazine rings is 1.